The minimum atomic E-state index is 0.732. The molecule has 1 heterocycles. The Morgan fingerprint density at radius 1 is 1.05 bits per heavy atom. The monoisotopic (exact) mass is 250 g/mol. The highest BCUT2D eigenvalue weighted by molar-refractivity contribution is 6.16. The van der Waals surface area contributed by atoms with Gasteiger partial charge >= 0.3 is 0 Å². The molecule has 0 amide bonds. The second-order valence-corrected chi connectivity index (χ2v) is 4.54. The van der Waals surface area contributed by atoms with Gasteiger partial charge in [0.25, 0.3) is 0 Å². The number of hydrogen-bond donors (Lipinski definition) is 1. The highest BCUT2D eigenvalue weighted by Gasteiger charge is 2.12. The third-order valence-electron chi connectivity index (χ3n) is 3.12. The fourth-order valence-corrected chi connectivity index (χ4v) is 2.05. The van der Waals surface area contributed by atoms with Crippen LogP contribution < -0.4 is 5.06 Å². The van der Waals surface area contributed by atoms with Crippen LogP contribution in [-0.2, 0) is 0 Å². The first-order valence-corrected chi connectivity index (χ1v) is 6.14. The van der Waals surface area contributed by atoms with E-state index in [9.17, 15) is 5.21 Å². The van der Waals surface area contributed by atoms with Crippen molar-refractivity contribution in [3.8, 4) is 0 Å². The van der Waals surface area contributed by atoms with Gasteiger partial charge in [-0.3, -0.25) is 10.2 Å². The van der Waals surface area contributed by atoms with E-state index in [4.69, 9.17) is 0 Å². The summed E-state index contributed by atoms with van der Waals surface area (Å²) in [6.45, 7) is 2.02. The summed E-state index contributed by atoms with van der Waals surface area (Å²) in [5.41, 5.74) is 4.77. The topological polar surface area (TPSA) is 35.8 Å². The Kier molecular flexibility index (Phi) is 2.89. The van der Waals surface area contributed by atoms with Gasteiger partial charge in [0.1, 0.15) is 0 Å². The maximum Gasteiger partial charge on any atom is 0.0709 e. The van der Waals surface area contributed by atoms with Crippen molar-refractivity contribution in [1.29, 1.82) is 0 Å². The van der Waals surface area contributed by atoms with Gasteiger partial charge in [0.15, 0.2) is 0 Å². The molecular weight excluding hydrogens is 236 g/mol. The molecule has 19 heavy (non-hydrogen) atoms. The molecule has 2 aromatic rings. The quantitative estimate of drug-likeness (QED) is 0.819. The third kappa shape index (κ3) is 2.28. The summed E-state index contributed by atoms with van der Waals surface area (Å²) in [7, 11) is 0. The zero-order valence-electron chi connectivity index (χ0n) is 10.6. The third-order valence-corrected chi connectivity index (χ3v) is 3.12. The highest BCUT2D eigenvalue weighted by atomic mass is 16.5. The molecule has 0 saturated heterocycles. The van der Waals surface area contributed by atoms with E-state index < -0.39 is 0 Å². The summed E-state index contributed by atoms with van der Waals surface area (Å²) in [5.74, 6) is 0. The molecule has 3 heteroatoms. The SMILES string of the molecule is Cc1ccc(N(O)/C=C2\C=Nc3ccccc32)cc1. The first kappa shape index (κ1) is 11.7. The fraction of sp³-hybridized carbons (Fsp3) is 0.0625. The molecule has 3 rings (SSSR count). The van der Waals surface area contributed by atoms with Gasteiger partial charge in [0.05, 0.1) is 11.4 Å². The first-order valence-electron chi connectivity index (χ1n) is 6.14. The Labute approximate surface area is 112 Å². The number of anilines is 1. The minimum absolute atomic E-state index is 0.732. The van der Waals surface area contributed by atoms with Gasteiger partial charge in [-0.15, -0.1) is 0 Å². The average molecular weight is 250 g/mol. The van der Waals surface area contributed by atoms with Gasteiger partial charge in [0.2, 0.25) is 0 Å². The molecule has 0 spiro atoms. The standard InChI is InChI=1S/C16H14N2O/c1-12-6-8-14(9-7-12)18(19)11-13-10-17-16-5-3-2-4-15(13)16/h2-11,19H,1H3/b13-11+. The average Bonchev–Trinajstić information content (AvgIpc) is 2.83. The number of nitrogens with zero attached hydrogens (tertiary/aromatic N) is 2. The molecule has 0 saturated carbocycles. The molecule has 0 atom stereocenters. The first-order chi connectivity index (χ1) is 9.24. The molecule has 0 unspecified atom stereocenters. The number of hydroxylamine groups is 1. The number of rotatable bonds is 2. The zero-order chi connectivity index (χ0) is 13.2. The Morgan fingerprint density at radius 3 is 2.58 bits per heavy atom. The van der Waals surface area contributed by atoms with Crippen molar-refractivity contribution in [2.45, 2.75) is 6.92 Å². The van der Waals surface area contributed by atoms with Crippen LogP contribution in [0.15, 0.2) is 59.7 Å². The van der Waals surface area contributed by atoms with Crippen molar-refractivity contribution in [1.82, 2.24) is 0 Å². The van der Waals surface area contributed by atoms with E-state index in [0.717, 1.165) is 33.1 Å². The molecule has 1 aliphatic rings. The summed E-state index contributed by atoms with van der Waals surface area (Å²) in [4.78, 5) is 4.31. The van der Waals surface area contributed by atoms with Crippen LogP contribution in [0.2, 0.25) is 0 Å². The Balaban J connectivity index is 1.91. The van der Waals surface area contributed by atoms with Crippen molar-refractivity contribution in [2.24, 2.45) is 4.99 Å². The number of hydrogen-bond acceptors (Lipinski definition) is 3. The number of aliphatic imine (C=N–C) groups is 1. The molecule has 0 radical (unpaired) electrons. The molecule has 1 N–H and O–H groups in total. The largest absolute Gasteiger partial charge is 0.284 e. The van der Waals surface area contributed by atoms with Gasteiger partial charge in [-0.25, -0.2) is 5.06 Å². The predicted molar refractivity (Wildman–Crippen MR) is 78.0 cm³/mol. The number of allylic oxidation sites excluding steroid dienone is 1. The second-order valence-electron chi connectivity index (χ2n) is 4.54. The summed E-state index contributed by atoms with van der Waals surface area (Å²) in [5, 5.41) is 11.2. The molecule has 0 bridgehead atoms. The molecule has 0 aromatic heterocycles. The van der Waals surface area contributed by atoms with E-state index in [1.54, 1.807) is 12.4 Å². The Hall–Kier alpha value is -2.39. The van der Waals surface area contributed by atoms with E-state index in [2.05, 4.69) is 4.99 Å². The molecule has 3 nitrogen and oxygen atoms in total. The number of fused-ring (bicyclic) bond motifs is 1. The van der Waals surface area contributed by atoms with Crippen LogP contribution in [0.3, 0.4) is 0 Å². The summed E-state index contributed by atoms with van der Waals surface area (Å²) < 4.78 is 0. The van der Waals surface area contributed by atoms with Crippen LogP contribution in [-0.4, -0.2) is 11.4 Å². The summed E-state index contributed by atoms with van der Waals surface area (Å²) in [6.07, 6.45) is 3.45. The molecule has 94 valence electrons. The van der Waals surface area contributed by atoms with E-state index in [1.165, 1.54) is 0 Å². The second kappa shape index (κ2) is 4.71. The van der Waals surface area contributed by atoms with Gasteiger partial charge in [0, 0.05) is 23.6 Å². The number of benzene rings is 2. The Bertz CT molecular complexity index is 657. The smallest absolute Gasteiger partial charge is 0.0709 e. The Morgan fingerprint density at radius 2 is 1.79 bits per heavy atom. The zero-order valence-corrected chi connectivity index (χ0v) is 10.6. The van der Waals surface area contributed by atoms with Gasteiger partial charge in [-0.2, -0.15) is 0 Å². The van der Waals surface area contributed by atoms with E-state index in [0.29, 0.717) is 0 Å². The van der Waals surface area contributed by atoms with Crippen LogP contribution in [0.4, 0.5) is 11.4 Å². The maximum atomic E-state index is 10.1. The van der Waals surface area contributed by atoms with E-state index in [-0.39, 0.29) is 0 Å². The minimum Gasteiger partial charge on any atom is -0.284 e. The van der Waals surface area contributed by atoms with Crippen LogP contribution in [0.25, 0.3) is 5.57 Å². The maximum absolute atomic E-state index is 10.1. The van der Waals surface area contributed by atoms with Gasteiger partial charge < -0.3 is 0 Å². The summed E-state index contributed by atoms with van der Waals surface area (Å²) >= 11 is 0. The van der Waals surface area contributed by atoms with Crippen LogP contribution in [0.1, 0.15) is 11.1 Å². The number of para-hydroxylation sites is 1. The lowest BCUT2D eigenvalue weighted by Gasteiger charge is -2.13. The lowest BCUT2D eigenvalue weighted by Crippen LogP contribution is -2.10. The number of aryl methyl sites for hydroxylation is 1. The van der Waals surface area contributed by atoms with Crippen LogP contribution in [0.5, 0.6) is 0 Å². The predicted octanol–water partition coefficient (Wildman–Crippen LogP) is 3.95. The molecule has 2 aromatic carbocycles. The highest BCUT2D eigenvalue weighted by Crippen LogP contribution is 2.31. The van der Waals surface area contributed by atoms with E-state index in [1.807, 2.05) is 55.5 Å². The molecule has 0 aliphatic carbocycles. The fourth-order valence-electron chi connectivity index (χ4n) is 2.05. The van der Waals surface area contributed by atoms with Crippen molar-refractivity contribution in [3.05, 3.63) is 65.9 Å². The molecule has 0 fully saturated rings. The molecule has 1 aliphatic heterocycles. The van der Waals surface area contributed by atoms with Gasteiger partial charge in [-0.1, -0.05) is 35.9 Å². The van der Waals surface area contributed by atoms with Crippen molar-refractivity contribution >= 4 is 23.2 Å². The van der Waals surface area contributed by atoms with Crippen molar-refractivity contribution in [2.75, 3.05) is 5.06 Å². The summed E-state index contributed by atoms with van der Waals surface area (Å²) in [6, 6.07) is 15.6. The normalized spacial score (nSPS) is 14.7. The van der Waals surface area contributed by atoms with E-state index >= 15 is 0 Å². The van der Waals surface area contributed by atoms with Crippen LogP contribution in [0, 0.1) is 6.92 Å². The lowest BCUT2D eigenvalue weighted by atomic mass is 10.1. The molecular formula is C16H14N2O. The van der Waals surface area contributed by atoms with Crippen molar-refractivity contribution in [3.63, 3.8) is 0 Å². The lowest BCUT2D eigenvalue weighted by molar-refractivity contribution is 0.296. The van der Waals surface area contributed by atoms with Crippen molar-refractivity contribution < 1.29 is 5.21 Å². The van der Waals surface area contributed by atoms with Crippen LogP contribution >= 0.6 is 0 Å². The van der Waals surface area contributed by atoms with Gasteiger partial charge in [-0.05, 0) is 25.1 Å².